The number of carbonyl (C=O) groups is 2. The molecule has 0 bridgehead atoms. The number of anilines is 1. The minimum absolute atomic E-state index is 0.0424. The lowest BCUT2D eigenvalue weighted by molar-refractivity contribution is -0.143. The average molecular weight is 311 g/mol. The molecule has 1 aliphatic heterocycles. The minimum atomic E-state index is -0.773. The summed E-state index contributed by atoms with van der Waals surface area (Å²) in [7, 11) is 0. The average Bonchev–Trinajstić information content (AvgIpc) is 2.87. The third-order valence-corrected chi connectivity index (χ3v) is 4.38. The van der Waals surface area contributed by atoms with Gasteiger partial charge in [0, 0.05) is 23.9 Å². The molecule has 1 aliphatic rings. The lowest BCUT2D eigenvalue weighted by Gasteiger charge is -2.29. The number of piperidine rings is 1. The number of aliphatic carboxylic acids is 1. The van der Waals surface area contributed by atoms with Gasteiger partial charge in [-0.15, -0.1) is 11.3 Å². The molecule has 0 radical (unpaired) electrons. The molecule has 2 N–H and O–H groups in total. The summed E-state index contributed by atoms with van der Waals surface area (Å²) in [6.45, 7) is 7.17. The Balaban J connectivity index is 1.91. The van der Waals surface area contributed by atoms with Crippen LogP contribution in [0.3, 0.4) is 0 Å². The van der Waals surface area contributed by atoms with Crippen molar-refractivity contribution in [1.82, 2.24) is 9.88 Å². The second-order valence-electron chi connectivity index (χ2n) is 6.32. The van der Waals surface area contributed by atoms with Gasteiger partial charge in [0.2, 0.25) is 0 Å². The van der Waals surface area contributed by atoms with Crippen molar-refractivity contribution >= 4 is 28.5 Å². The SMILES string of the molecule is CC(C)(C)c1csc(NC(=O)N2CCC(C(=O)O)CC2)n1. The van der Waals surface area contributed by atoms with E-state index in [1.165, 1.54) is 11.3 Å². The normalized spacial score (nSPS) is 16.8. The fourth-order valence-electron chi connectivity index (χ4n) is 2.18. The zero-order chi connectivity index (χ0) is 15.6. The molecule has 2 heterocycles. The molecule has 0 spiro atoms. The van der Waals surface area contributed by atoms with Gasteiger partial charge in [-0.25, -0.2) is 9.78 Å². The van der Waals surface area contributed by atoms with Crippen molar-refractivity contribution < 1.29 is 14.7 Å². The molecule has 116 valence electrons. The number of amides is 2. The fourth-order valence-corrected chi connectivity index (χ4v) is 3.10. The van der Waals surface area contributed by atoms with E-state index in [0.29, 0.717) is 31.1 Å². The summed E-state index contributed by atoms with van der Waals surface area (Å²) in [6, 6.07) is -0.200. The van der Waals surface area contributed by atoms with E-state index in [9.17, 15) is 9.59 Å². The smallest absolute Gasteiger partial charge is 0.323 e. The quantitative estimate of drug-likeness (QED) is 0.880. The van der Waals surface area contributed by atoms with Crippen molar-refractivity contribution in [2.75, 3.05) is 18.4 Å². The highest BCUT2D eigenvalue weighted by atomic mass is 32.1. The maximum absolute atomic E-state index is 12.1. The largest absolute Gasteiger partial charge is 0.481 e. The summed E-state index contributed by atoms with van der Waals surface area (Å²) in [6.07, 6.45) is 1.02. The zero-order valence-electron chi connectivity index (χ0n) is 12.5. The molecule has 0 aromatic carbocycles. The maximum atomic E-state index is 12.1. The van der Waals surface area contributed by atoms with E-state index >= 15 is 0 Å². The van der Waals surface area contributed by atoms with E-state index < -0.39 is 5.97 Å². The van der Waals surface area contributed by atoms with Crippen LogP contribution >= 0.6 is 11.3 Å². The summed E-state index contributed by atoms with van der Waals surface area (Å²) >= 11 is 1.41. The molecular formula is C14H21N3O3S. The highest BCUT2D eigenvalue weighted by Gasteiger charge is 2.27. The first-order chi connectivity index (χ1) is 9.77. The molecule has 6 nitrogen and oxygen atoms in total. The van der Waals surface area contributed by atoms with Crippen LogP contribution in [0.5, 0.6) is 0 Å². The number of thiazole rings is 1. The van der Waals surface area contributed by atoms with Gasteiger partial charge in [0.1, 0.15) is 0 Å². The number of rotatable bonds is 2. The number of hydrogen-bond donors (Lipinski definition) is 2. The minimum Gasteiger partial charge on any atom is -0.481 e. The van der Waals surface area contributed by atoms with E-state index in [0.717, 1.165) is 5.69 Å². The van der Waals surface area contributed by atoms with Gasteiger partial charge >= 0.3 is 12.0 Å². The van der Waals surface area contributed by atoms with Crippen molar-refractivity contribution in [3.8, 4) is 0 Å². The third-order valence-electron chi connectivity index (χ3n) is 3.62. The highest BCUT2D eigenvalue weighted by Crippen LogP contribution is 2.26. The fraction of sp³-hybridized carbons (Fsp3) is 0.643. The van der Waals surface area contributed by atoms with Crippen molar-refractivity contribution in [2.24, 2.45) is 5.92 Å². The summed E-state index contributed by atoms with van der Waals surface area (Å²) < 4.78 is 0. The predicted molar refractivity (Wildman–Crippen MR) is 81.8 cm³/mol. The van der Waals surface area contributed by atoms with Crippen LogP contribution < -0.4 is 5.32 Å². The summed E-state index contributed by atoms with van der Waals surface area (Å²) in [5.41, 5.74) is 0.909. The summed E-state index contributed by atoms with van der Waals surface area (Å²) in [5.74, 6) is -1.11. The van der Waals surface area contributed by atoms with Crippen LogP contribution in [-0.4, -0.2) is 40.1 Å². The zero-order valence-corrected chi connectivity index (χ0v) is 13.4. The van der Waals surface area contributed by atoms with Crippen LogP contribution in [0.2, 0.25) is 0 Å². The molecule has 2 amide bonds. The predicted octanol–water partition coefficient (Wildman–Crippen LogP) is 2.77. The van der Waals surface area contributed by atoms with Gasteiger partial charge in [-0.3, -0.25) is 10.1 Å². The molecule has 7 heteroatoms. The van der Waals surface area contributed by atoms with Gasteiger partial charge in [-0.1, -0.05) is 20.8 Å². The molecule has 0 aliphatic carbocycles. The van der Waals surface area contributed by atoms with Gasteiger partial charge in [-0.05, 0) is 12.8 Å². The van der Waals surface area contributed by atoms with E-state index in [1.807, 2.05) is 5.38 Å². The lowest BCUT2D eigenvalue weighted by Crippen LogP contribution is -2.42. The van der Waals surface area contributed by atoms with Crippen molar-refractivity contribution in [3.63, 3.8) is 0 Å². The number of carboxylic acids is 1. The number of likely N-dealkylation sites (tertiary alicyclic amines) is 1. The number of urea groups is 1. The molecule has 1 saturated heterocycles. The number of aromatic nitrogens is 1. The molecular weight excluding hydrogens is 290 g/mol. The number of carboxylic acid groups (broad SMARTS) is 1. The van der Waals surface area contributed by atoms with Crippen molar-refractivity contribution in [2.45, 2.75) is 39.0 Å². The van der Waals surface area contributed by atoms with Crippen molar-refractivity contribution in [1.29, 1.82) is 0 Å². The standard InChI is InChI=1S/C14H21N3O3S/c1-14(2,3)10-8-21-12(15-10)16-13(20)17-6-4-9(5-7-17)11(18)19/h8-9H,4-7H2,1-3H3,(H,18,19)(H,15,16,20). The third kappa shape index (κ3) is 3.93. The molecule has 0 unspecified atom stereocenters. The maximum Gasteiger partial charge on any atom is 0.323 e. The van der Waals surface area contributed by atoms with Crippen molar-refractivity contribution in [3.05, 3.63) is 11.1 Å². The van der Waals surface area contributed by atoms with E-state index in [-0.39, 0.29) is 17.4 Å². The Morgan fingerprint density at radius 2 is 2.00 bits per heavy atom. The lowest BCUT2D eigenvalue weighted by atomic mass is 9.93. The molecule has 1 fully saturated rings. The van der Waals surface area contributed by atoms with Crippen LogP contribution in [0.1, 0.15) is 39.3 Å². The second-order valence-corrected chi connectivity index (χ2v) is 7.18. The first-order valence-corrected chi connectivity index (χ1v) is 7.90. The van der Waals surface area contributed by atoms with E-state index in [1.54, 1.807) is 4.90 Å². The van der Waals surface area contributed by atoms with Gasteiger partial charge in [-0.2, -0.15) is 0 Å². The van der Waals surface area contributed by atoms with Gasteiger partial charge in [0.05, 0.1) is 11.6 Å². The molecule has 21 heavy (non-hydrogen) atoms. The second kappa shape index (κ2) is 6.01. The van der Waals surface area contributed by atoms with Gasteiger partial charge < -0.3 is 10.0 Å². The Hall–Kier alpha value is -1.63. The Kier molecular flexibility index (Phi) is 4.51. The summed E-state index contributed by atoms with van der Waals surface area (Å²) in [4.78, 5) is 29.1. The first-order valence-electron chi connectivity index (χ1n) is 7.02. The molecule has 1 aromatic heterocycles. The number of carbonyl (C=O) groups excluding carboxylic acids is 1. The van der Waals surface area contributed by atoms with Crippen LogP contribution in [0.4, 0.5) is 9.93 Å². The van der Waals surface area contributed by atoms with Crippen LogP contribution in [0.25, 0.3) is 0 Å². The summed E-state index contributed by atoms with van der Waals surface area (Å²) in [5, 5.41) is 14.3. The van der Waals surface area contributed by atoms with Crippen LogP contribution in [0, 0.1) is 5.92 Å². The Morgan fingerprint density at radius 1 is 1.38 bits per heavy atom. The molecule has 0 saturated carbocycles. The molecule has 1 aromatic rings. The van der Waals surface area contributed by atoms with Crippen LogP contribution in [0.15, 0.2) is 5.38 Å². The molecule has 0 atom stereocenters. The first kappa shape index (κ1) is 15.8. The Labute approximate surface area is 128 Å². The van der Waals surface area contributed by atoms with E-state index in [2.05, 4.69) is 31.1 Å². The highest BCUT2D eigenvalue weighted by molar-refractivity contribution is 7.13. The monoisotopic (exact) mass is 311 g/mol. The Morgan fingerprint density at radius 3 is 2.48 bits per heavy atom. The number of nitrogens with one attached hydrogen (secondary N) is 1. The molecule has 2 rings (SSSR count). The Bertz CT molecular complexity index is 528. The number of nitrogens with zero attached hydrogens (tertiary/aromatic N) is 2. The van der Waals surface area contributed by atoms with Gasteiger partial charge in [0.15, 0.2) is 5.13 Å². The number of hydrogen-bond acceptors (Lipinski definition) is 4. The topological polar surface area (TPSA) is 82.5 Å². The van der Waals surface area contributed by atoms with Crippen LogP contribution in [-0.2, 0) is 10.2 Å². The van der Waals surface area contributed by atoms with E-state index in [4.69, 9.17) is 5.11 Å². The van der Waals surface area contributed by atoms with Gasteiger partial charge in [0.25, 0.3) is 0 Å².